The van der Waals surface area contributed by atoms with Crippen molar-refractivity contribution in [2.75, 3.05) is 12.3 Å². The highest BCUT2D eigenvalue weighted by Crippen LogP contribution is 2.21. The van der Waals surface area contributed by atoms with E-state index in [4.69, 9.17) is 5.11 Å². The van der Waals surface area contributed by atoms with E-state index < -0.39 is 21.8 Å². The third-order valence-corrected chi connectivity index (χ3v) is 5.21. The molecule has 0 aromatic heterocycles. The number of carboxylic acid groups (broad SMARTS) is 1. The molecule has 0 bridgehead atoms. The Morgan fingerprint density at radius 2 is 2.10 bits per heavy atom. The summed E-state index contributed by atoms with van der Waals surface area (Å²) in [5.74, 6) is -0.974. The normalized spacial score (nSPS) is 27.5. The molecule has 118 valence electrons. The first-order valence-electron chi connectivity index (χ1n) is 7.07. The number of carbonyl (C=O) groups excluding carboxylic acids is 1. The summed E-state index contributed by atoms with van der Waals surface area (Å²) >= 11 is 0. The molecule has 0 aromatic rings. The summed E-state index contributed by atoms with van der Waals surface area (Å²) in [5.41, 5.74) is 0. The van der Waals surface area contributed by atoms with Gasteiger partial charge in [-0.05, 0) is 31.8 Å². The highest BCUT2D eigenvalue weighted by Gasteiger charge is 2.30. The van der Waals surface area contributed by atoms with Crippen molar-refractivity contribution in [3.8, 4) is 0 Å². The van der Waals surface area contributed by atoms with Crippen molar-refractivity contribution in [2.24, 2.45) is 0 Å². The molecule has 8 heteroatoms. The number of amides is 2. The summed E-state index contributed by atoms with van der Waals surface area (Å²) in [7, 11) is -3.20. The van der Waals surface area contributed by atoms with Crippen LogP contribution in [0.5, 0.6) is 0 Å². The minimum absolute atomic E-state index is 0.0339. The summed E-state index contributed by atoms with van der Waals surface area (Å²) in [6.07, 6.45) is 4.60. The summed E-state index contributed by atoms with van der Waals surface area (Å²) < 4.78 is 22.6. The molecule has 2 heterocycles. The summed E-state index contributed by atoms with van der Waals surface area (Å²) in [4.78, 5) is 24.6. The number of nitrogens with zero attached hydrogens (tertiary/aromatic N) is 1. The van der Waals surface area contributed by atoms with Crippen LogP contribution < -0.4 is 5.32 Å². The molecule has 0 spiro atoms. The molecule has 0 saturated carbocycles. The number of nitrogens with one attached hydrogen (secondary N) is 1. The van der Waals surface area contributed by atoms with Crippen LogP contribution in [-0.2, 0) is 14.6 Å². The monoisotopic (exact) mass is 316 g/mol. The molecule has 1 saturated heterocycles. The Bertz CT molecular complexity index is 543. The second kappa shape index (κ2) is 6.46. The fourth-order valence-electron chi connectivity index (χ4n) is 2.77. The van der Waals surface area contributed by atoms with E-state index in [-0.39, 0.29) is 24.2 Å². The lowest BCUT2D eigenvalue weighted by atomic mass is 9.98. The first kappa shape index (κ1) is 15.8. The fourth-order valence-corrected chi connectivity index (χ4v) is 4.00. The predicted octanol–water partition coefficient (Wildman–Crippen LogP) is 0.726. The van der Waals surface area contributed by atoms with Gasteiger partial charge in [0.25, 0.3) is 0 Å². The largest absolute Gasteiger partial charge is 0.481 e. The number of urea groups is 1. The van der Waals surface area contributed by atoms with Crippen LogP contribution in [0.1, 0.15) is 32.1 Å². The Kier molecular flexibility index (Phi) is 4.87. The van der Waals surface area contributed by atoms with Crippen LogP contribution in [0.25, 0.3) is 0 Å². The van der Waals surface area contributed by atoms with Gasteiger partial charge in [-0.1, -0.05) is 0 Å². The molecule has 0 radical (unpaired) electrons. The van der Waals surface area contributed by atoms with E-state index >= 15 is 0 Å². The van der Waals surface area contributed by atoms with E-state index in [0.29, 0.717) is 13.0 Å². The Labute approximate surface area is 123 Å². The number of carbonyl (C=O) groups is 2. The molecule has 2 N–H and O–H groups in total. The van der Waals surface area contributed by atoms with Gasteiger partial charge in [-0.15, -0.1) is 0 Å². The lowest BCUT2D eigenvalue weighted by Crippen LogP contribution is -2.51. The van der Waals surface area contributed by atoms with Gasteiger partial charge in [0.1, 0.15) is 0 Å². The third-order valence-electron chi connectivity index (χ3n) is 3.82. The highest BCUT2D eigenvalue weighted by atomic mass is 32.2. The van der Waals surface area contributed by atoms with E-state index in [0.717, 1.165) is 24.7 Å². The van der Waals surface area contributed by atoms with Crippen molar-refractivity contribution in [1.29, 1.82) is 0 Å². The fraction of sp³-hybridized carbons (Fsp3) is 0.692. The Morgan fingerprint density at radius 1 is 1.33 bits per heavy atom. The first-order chi connectivity index (χ1) is 9.87. The second-order valence-electron chi connectivity index (χ2n) is 5.49. The quantitative estimate of drug-likeness (QED) is 0.795. The number of carboxylic acids is 1. The Balaban J connectivity index is 1.92. The molecule has 2 rings (SSSR count). The molecular formula is C13H20N2O5S. The zero-order valence-corrected chi connectivity index (χ0v) is 12.5. The highest BCUT2D eigenvalue weighted by molar-refractivity contribution is 7.94. The maximum absolute atomic E-state index is 12.3. The van der Waals surface area contributed by atoms with E-state index in [1.807, 2.05) is 0 Å². The topological polar surface area (TPSA) is 104 Å². The van der Waals surface area contributed by atoms with Crippen molar-refractivity contribution in [1.82, 2.24) is 10.2 Å². The molecule has 21 heavy (non-hydrogen) atoms. The number of hydrogen-bond acceptors (Lipinski definition) is 4. The SMILES string of the molecule is O=C(O)CCC1CCCCN1C(=O)NC1C=CS(=O)(=O)C1. The van der Waals surface area contributed by atoms with Crippen LogP contribution in [0, 0.1) is 0 Å². The maximum Gasteiger partial charge on any atom is 0.318 e. The molecule has 0 aromatic carbocycles. The van der Waals surface area contributed by atoms with E-state index in [1.165, 1.54) is 6.08 Å². The average Bonchev–Trinajstić information content (AvgIpc) is 2.75. The number of rotatable bonds is 4. The summed E-state index contributed by atoms with van der Waals surface area (Å²) in [6.45, 7) is 0.583. The molecule has 7 nitrogen and oxygen atoms in total. The van der Waals surface area contributed by atoms with Gasteiger partial charge < -0.3 is 15.3 Å². The predicted molar refractivity (Wildman–Crippen MR) is 76.5 cm³/mol. The number of likely N-dealkylation sites (tertiary alicyclic amines) is 1. The van der Waals surface area contributed by atoms with Crippen LogP contribution in [0.3, 0.4) is 0 Å². The van der Waals surface area contributed by atoms with Crippen LogP contribution in [0.2, 0.25) is 0 Å². The zero-order chi connectivity index (χ0) is 15.5. The van der Waals surface area contributed by atoms with Gasteiger partial charge in [0.15, 0.2) is 9.84 Å². The van der Waals surface area contributed by atoms with E-state index in [2.05, 4.69) is 5.32 Å². The van der Waals surface area contributed by atoms with Crippen molar-refractivity contribution in [2.45, 2.75) is 44.2 Å². The molecule has 2 unspecified atom stereocenters. The van der Waals surface area contributed by atoms with Crippen molar-refractivity contribution < 1.29 is 23.1 Å². The lowest BCUT2D eigenvalue weighted by Gasteiger charge is -2.36. The molecule has 2 aliphatic heterocycles. The minimum Gasteiger partial charge on any atom is -0.481 e. The molecule has 2 aliphatic rings. The van der Waals surface area contributed by atoms with Gasteiger partial charge in [0.2, 0.25) is 0 Å². The van der Waals surface area contributed by atoms with Gasteiger partial charge in [-0.25, -0.2) is 13.2 Å². The number of piperidine rings is 1. The van der Waals surface area contributed by atoms with Gasteiger partial charge in [0, 0.05) is 24.4 Å². The third kappa shape index (κ3) is 4.45. The average molecular weight is 316 g/mol. The summed E-state index contributed by atoms with van der Waals surface area (Å²) in [6, 6.07) is -0.891. The second-order valence-corrected chi connectivity index (χ2v) is 7.42. The van der Waals surface area contributed by atoms with Gasteiger partial charge in [0.05, 0.1) is 11.8 Å². The van der Waals surface area contributed by atoms with Crippen LogP contribution in [-0.4, -0.2) is 54.8 Å². The Hall–Kier alpha value is -1.57. The summed E-state index contributed by atoms with van der Waals surface area (Å²) in [5, 5.41) is 12.6. The molecular weight excluding hydrogens is 296 g/mol. The van der Waals surface area contributed by atoms with Crippen molar-refractivity contribution in [3.63, 3.8) is 0 Å². The molecule has 1 fully saturated rings. The zero-order valence-electron chi connectivity index (χ0n) is 11.7. The minimum atomic E-state index is -3.20. The number of aliphatic carboxylic acids is 1. The first-order valence-corrected chi connectivity index (χ1v) is 8.79. The molecule has 0 aliphatic carbocycles. The van der Waals surface area contributed by atoms with E-state index in [9.17, 15) is 18.0 Å². The van der Waals surface area contributed by atoms with Gasteiger partial charge in [-0.3, -0.25) is 4.79 Å². The van der Waals surface area contributed by atoms with Crippen molar-refractivity contribution >= 4 is 21.8 Å². The smallest absolute Gasteiger partial charge is 0.318 e. The van der Waals surface area contributed by atoms with Gasteiger partial charge >= 0.3 is 12.0 Å². The Morgan fingerprint density at radius 3 is 2.71 bits per heavy atom. The van der Waals surface area contributed by atoms with Crippen LogP contribution >= 0.6 is 0 Å². The number of sulfone groups is 1. The molecule has 2 atom stereocenters. The van der Waals surface area contributed by atoms with Crippen LogP contribution in [0.15, 0.2) is 11.5 Å². The molecule has 2 amide bonds. The van der Waals surface area contributed by atoms with Gasteiger partial charge in [-0.2, -0.15) is 0 Å². The van der Waals surface area contributed by atoms with Crippen LogP contribution in [0.4, 0.5) is 4.79 Å². The lowest BCUT2D eigenvalue weighted by molar-refractivity contribution is -0.137. The maximum atomic E-state index is 12.3. The standard InChI is InChI=1S/C13H20N2O5S/c16-12(17)5-4-11-3-1-2-7-15(11)13(18)14-10-6-8-21(19,20)9-10/h6,8,10-11H,1-5,7,9H2,(H,14,18)(H,16,17). The van der Waals surface area contributed by atoms with E-state index in [1.54, 1.807) is 4.90 Å². The number of hydrogen-bond donors (Lipinski definition) is 2. The van der Waals surface area contributed by atoms with Crippen molar-refractivity contribution in [3.05, 3.63) is 11.5 Å².